The first-order valence-electron chi connectivity index (χ1n) is 8.50. The normalized spacial score (nSPS) is 20.0. The molecule has 1 aliphatic heterocycles. The number of carbonyl (C=O) groups is 1. The van der Waals surface area contributed by atoms with Gasteiger partial charge in [-0.1, -0.05) is 24.6 Å². The Labute approximate surface area is 147 Å². The molecule has 6 nitrogen and oxygen atoms in total. The van der Waals surface area contributed by atoms with Crippen molar-refractivity contribution in [3.8, 4) is 0 Å². The van der Waals surface area contributed by atoms with E-state index in [-0.39, 0.29) is 17.2 Å². The van der Waals surface area contributed by atoms with E-state index in [1.165, 1.54) is 30.3 Å². The summed E-state index contributed by atoms with van der Waals surface area (Å²) in [6, 6.07) is 4.36. The van der Waals surface area contributed by atoms with Crippen LogP contribution < -0.4 is 0 Å². The van der Waals surface area contributed by atoms with Crippen LogP contribution in [0.4, 0.5) is 0 Å². The van der Waals surface area contributed by atoms with Gasteiger partial charge in [0.2, 0.25) is 5.91 Å². The predicted octanol–water partition coefficient (Wildman–Crippen LogP) is 2.78. The molecule has 24 heavy (non-hydrogen) atoms. The molecule has 1 amide bonds. The number of nitrogens with zero attached hydrogens (tertiary/aromatic N) is 5. The summed E-state index contributed by atoms with van der Waals surface area (Å²) in [5.41, 5.74) is 1.22. The lowest BCUT2D eigenvalue weighted by Crippen LogP contribution is -2.40. The molecule has 0 radical (unpaired) electrons. The van der Waals surface area contributed by atoms with Gasteiger partial charge in [-0.3, -0.25) is 4.79 Å². The number of carbonyl (C=O) groups excluding carboxylic acids is 1. The summed E-state index contributed by atoms with van der Waals surface area (Å²) in [5, 5.41) is 8.58. The molecule has 2 aromatic heterocycles. The van der Waals surface area contributed by atoms with Gasteiger partial charge < -0.3 is 14.0 Å². The fraction of sp³-hybridized carbons (Fsp3) is 0.588. The van der Waals surface area contributed by atoms with E-state index in [0.717, 1.165) is 24.5 Å². The Morgan fingerprint density at radius 2 is 2.12 bits per heavy atom. The van der Waals surface area contributed by atoms with Crippen LogP contribution in [-0.2, 0) is 18.9 Å². The van der Waals surface area contributed by atoms with Crippen LogP contribution in [0.2, 0.25) is 0 Å². The number of aryl methyl sites for hydroxylation is 2. The molecule has 3 rings (SSSR count). The van der Waals surface area contributed by atoms with Crippen molar-refractivity contribution in [2.24, 2.45) is 14.1 Å². The molecule has 1 saturated heterocycles. The topological polar surface area (TPSA) is 56.0 Å². The third kappa shape index (κ3) is 3.50. The maximum absolute atomic E-state index is 13.1. The third-order valence-corrected chi connectivity index (χ3v) is 5.80. The molecular weight excluding hydrogens is 322 g/mol. The van der Waals surface area contributed by atoms with Crippen LogP contribution in [0, 0.1) is 0 Å². The summed E-state index contributed by atoms with van der Waals surface area (Å²) in [7, 11) is 3.96. The van der Waals surface area contributed by atoms with Gasteiger partial charge in [0.05, 0.1) is 11.3 Å². The minimum Gasteiger partial charge on any atom is -0.353 e. The molecule has 0 saturated carbocycles. The fourth-order valence-electron chi connectivity index (χ4n) is 3.32. The van der Waals surface area contributed by atoms with Crippen molar-refractivity contribution >= 4 is 17.7 Å². The van der Waals surface area contributed by atoms with Gasteiger partial charge in [-0.15, -0.1) is 10.2 Å². The molecule has 7 heteroatoms. The summed E-state index contributed by atoms with van der Waals surface area (Å²) in [6.07, 6.45) is 8.19. The van der Waals surface area contributed by atoms with Gasteiger partial charge in [-0.2, -0.15) is 0 Å². The number of thioether (sulfide) groups is 1. The van der Waals surface area contributed by atoms with Gasteiger partial charge in [0.1, 0.15) is 6.33 Å². The highest BCUT2D eigenvalue weighted by molar-refractivity contribution is 8.00. The van der Waals surface area contributed by atoms with E-state index in [1.807, 2.05) is 18.5 Å². The zero-order valence-electron chi connectivity index (χ0n) is 14.6. The van der Waals surface area contributed by atoms with E-state index in [4.69, 9.17) is 0 Å². The number of hydrogen-bond donors (Lipinski definition) is 0. The second kappa shape index (κ2) is 7.42. The number of likely N-dealkylation sites (tertiary alicyclic amines) is 1. The Bertz CT molecular complexity index is 695. The zero-order valence-corrected chi connectivity index (χ0v) is 15.4. The largest absolute Gasteiger partial charge is 0.353 e. The maximum Gasteiger partial charge on any atom is 0.236 e. The first-order chi connectivity index (χ1) is 11.6. The lowest BCUT2D eigenvalue weighted by atomic mass is 10.1. The van der Waals surface area contributed by atoms with Gasteiger partial charge in [0.15, 0.2) is 5.16 Å². The van der Waals surface area contributed by atoms with Gasteiger partial charge >= 0.3 is 0 Å². The second-order valence-corrected chi connectivity index (χ2v) is 7.73. The molecular formula is C17H25N5OS. The lowest BCUT2D eigenvalue weighted by Gasteiger charge is -2.32. The first-order valence-corrected chi connectivity index (χ1v) is 9.38. The number of hydrogen-bond acceptors (Lipinski definition) is 4. The fourth-order valence-corrected chi connectivity index (χ4v) is 4.18. The minimum absolute atomic E-state index is 0.169. The highest BCUT2D eigenvalue weighted by Gasteiger charge is 2.31. The van der Waals surface area contributed by atoms with Crippen LogP contribution in [0.3, 0.4) is 0 Å². The number of rotatable bonds is 4. The molecule has 0 N–H and O–H groups in total. The van der Waals surface area contributed by atoms with Crippen LogP contribution in [0.1, 0.15) is 44.3 Å². The van der Waals surface area contributed by atoms with E-state index in [0.29, 0.717) is 0 Å². The average Bonchev–Trinajstić information content (AvgIpc) is 3.08. The minimum atomic E-state index is -0.172. The van der Waals surface area contributed by atoms with Crippen molar-refractivity contribution in [3.63, 3.8) is 0 Å². The molecule has 1 fully saturated rings. The summed E-state index contributed by atoms with van der Waals surface area (Å²) in [4.78, 5) is 15.2. The number of aromatic nitrogens is 4. The molecule has 0 bridgehead atoms. The Balaban J connectivity index is 1.79. The summed E-state index contributed by atoms with van der Waals surface area (Å²) in [6.45, 7) is 2.80. The van der Waals surface area contributed by atoms with Crippen molar-refractivity contribution in [1.29, 1.82) is 0 Å². The third-order valence-electron chi connectivity index (χ3n) is 4.66. The van der Waals surface area contributed by atoms with Crippen LogP contribution >= 0.6 is 11.8 Å². The van der Waals surface area contributed by atoms with Crippen molar-refractivity contribution < 1.29 is 4.79 Å². The van der Waals surface area contributed by atoms with E-state index >= 15 is 0 Å². The summed E-state index contributed by atoms with van der Waals surface area (Å²) in [5.74, 6) is 0.191. The van der Waals surface area contributed by atoms with Crippen molar-refractivity contribution in [1.82, 2.24) is 24.2 Å². The van der Waals surface area contributed by atoms with Gasteiger partial charge in [0.25, 0.3) is 0 Å². The van der Waals surface area contributed by atoms with E-state index < -0.39 is 0 Å². The monoisotopic (exact) mass is 347 g/mol. The van der Waals surface area contributed by atoms with Crippen LogP contribution in [0.25, 0.3) is 0 Å². The second-order valence-electron chi connectivity index (χ2n) is 6.43. The summed E-state index contributed by atoms with van der Waals surface area (Å²) < 4.78 is 3.99. The number of amides is 1. The van der Waals surface area contributed by atoms with Crippen LogP contribution in [-0.4, -0.2) is 41.9 Å². The SMILES string of the molecule is C[C@@H](Sc1nncn1C)C(=O)N1CCCCC[C@H]1c1cccn1C. The Kier molecular flexibility index (Phi) is 5.28. The molecule has 2 aromatic rings. The average molecular weight is 347 g/mol. The van der Waals surface area contributed by atoms with Crippen LogP contribution in [0.15, 0.2) is 29.8 Å². The van der Waals surface area contributed by atoms with Gasteiger partial charge in [-0.25, -0.2) is 0 Å². The van der Waals surface area contributed by atoms with E-state index in [9.17, 15) is 4.79 Å². The van der Waals surface area contributed by atoms with Crippen molar-refractivity contribution in [3.05, 3.63) is 30.4 Å². The maximum atomic E-state index is 13.1. The first kappa shape index (κ1) is 17.1. The molecule has 0 aromatic carbocycles. The molecule has 130 valence electrons. The molecule has 0 unspecified atom stereocenters. The lowest BCUT2D eigenvalue weighted by molar-refractivity contribution is -0.132. The molecule has 0 spiro atoms. The zero-order chi connectivity index (χ0) is 17.1. The molecule has 0 aliphatic carbocycles. The van der Waals surface area contributed by atoms with Crippen molar-refractivity contribution in [2.75, 3.05) is 6.54 Å². The van der Waals surface area contributed by atoms with E-state index in [1.54, 1.807) is 6.33 Å². The highest BCUT2D eigenvalue weighted by atomic mass is 32.2. The smallest absolute Gasteiger partial charge is 0.236 e. The summed E-state index contributed by atoms with van der Waals surface area (Å²) >= 11 is 1.48. The standard InChI is InChI=1S/C17H25N5OS/c1-13(24-17-19-18-12-21(17)3)16(23)22-11-6-4-5-8-15(22)14-9-7-10-20(14)2/h7,9-10,12-13,15H,4-6,8,11H2,1-3H3/t13-,15+/m1/s1. The Morgan fingerprint density at radius 3 is 2.79 bits per heavy atom. The Morgan fingerprint density at radius 1 is 1.29 bits per heavy atom. The van der Waals surface area contributed by atoms with Gasteiger partial charge in [-0.05, 0) is 31.9 Å². The highest BCUT2D eigenvalue weighted by Crippen LogP contribution is 2.32. The quantitative estimate of drug-likeness (QED) is 0.798. The Hall–Kier alpha value is -1.76. The van der Waals surface area contributed by atoms with Crippen LogP contribution in [0.5, 0.6) is 0 Å². The molecule has 1 aliphatic rings. The predicted molar refractivity (Wildman–Crippen MR) is 94.7 cm³/mol. The van der Waals surface area contributed by atoms with Gasteiger partial charge in [0, 0.05) is 32.5 Å². The molecule has 2 atom stereocenters. The molecule has 3 heterocycles. The van der Waals surface area contributed by atoms with E-state index in [2.05, 4.69) is 45.0 Å². The van der Waals surface area contributed by atoms with Crippen molar-refractivity contribution in [2.45, 2.75) is 49.1 Å².